The van der Waals surface area contributed by atoms with Crippen LogP contribution in [0.4, 0.5) is 4.39 Å². The highest BCUT2D eigenvalue weighted by molar-refractivity contribution is 9.10. The number of ether oxygens (including phenoxy) is 2. The van der Waals surface area contributed by atoms with Crippen LogP contribution in [0.1, 0.15) is 18.5 Å². The molecule has 20 heavy (non-hydrogen) atoms. The zero-order valence-electron chi connectivity index (χ0n) is 11.2. The number of methoxy groups -OCH3 is 1. The van der Waals surface area contributed by atoms with Crippen LogP contribution in [0.15, 0.2) is 40.9 Å². The van der Waals surface area contributed by atoms with Crippen molar-refractivity contribution in [2.24, 2.45) is 5.73 Å². The molecule has 1 atom stereocenters. The molecular weight excluding hydrogens is 325 g/mol. The molecule has 2 rings (SSSR count). The van der Waals surface area contributed by atoms with Crippen LogP contribution >= 0.6 is 15.9 Å². The lowest BCUT2D eigenvalue weighted by Crippen LogP contribution is -2.08. The normalized spacial score (nSPS) is 12.1. The van der Waals surface area contributed by atoms with Crippen molar-refractivity contribution in [1.82, 2.24) is 0 Å². The highest BCUT2D eigenvalue weighted by Gasteiger charge is 2.15. The van der Waals surface area contributed by atoms with Crippen molar-refractivity contribution in [3.8, 4) is 17.2 Å². The fourth-order valence-electron chi connectivity index (χ4n) is 1.91. The van der Waals surface area contributed by atoms with Gasteiger partial charge in [0.05, 0.1) is 17.1 Å². The number of nitrogens with two attached hydrogens (primary N) is 1. The predicted octanol–water partition coefficient (Wildman–Crippen LogP) is 4.41. The Morgan fingerprint density at radius 1 is 1.20 bits per heavy atom. The van der Waals surface area contributed by atoms with Crippen LogP contribution in [0.2, 0.25) is 0 Å². The van der Waals surface area contributed by atoms with Gasteiger partial charge in [-0.15, -0.1) is 0 Å². The molecule has 0 fully saturated rings. The fraction of sp³-hybridized carbons (Fsp3) is 0.200. The summed E-state index contributed by atoms with van der Waals surface area (Å²) in [4.78, 5) is 0. The maximum atomic E-state index is 13.2. The van der Waals surface area contributed by atoms with Crippen LogP contribution in [0.5, 0.6) is 17.2 Å². The van der Waals surface area contributed by atoms with Gasteiger partial charge in [-0.25, -0.2) is 4.39 Å². The molecule has 0 amide bonds. The molecule has 0 aliphatic rings. The van der Waals surface area contributed by atoms with Crippen molar-refractivity contribution >= 4 is 15.9 Å². The summed E-state index contributed by atoms with van der Waals surface area (Å²) in [5, 5.41) is 0. The number of hydrogen-bond donors (Lipinski definition) is 1. The van der Waals surface area contributed by atoms with Crippen molar-refractivity contribution in [3.05, 3.63) is 52.3 Å². The minimum Gasteiger partial charge on any atom is -0.496 e. The molecule has 0 radical (unpaired) electrons. The van der Waals surface area contributed by atoms with E-state index in [1.807, 2.05) is 19.1 Å². The monoisotopic (exact) mass is 339 g/mol. The van der Waals surface area contributed by atoms with Gasteiger partial charge in [-0.1, -0.05) is 6.07 Å². The summed E-state index contributed by atoms with van der Waals surface area (Å²) in [6, 6.07) is 9.67. The van der Waals surface area contributed by atoms with E-state index >= 15 is 0 Å². The van der Waals surface area contributed by atoms with Gasteiger partial charge < -0.3 is 15.2 Å². The van der Waals surface area contributed by atoms with E-state index in [4.69, 9.17) is 15.2 Å². The van der Waals surface area contributed by atoms with Crippen LogP contribution in [-0.2, 0) is 0 Å². The molecule has 2 aromatic rings. The molecule has 0 saturated carbocycles. The van der Waals surface area contributed by atoms with Gasteiger partial charge in [0.2, 0.25) is 0 Å². The Morgan fingerprint density at radius 2 is 1.90 bits per heavy atom. The van der Waals surface area contributed by atoms with Gasteiger partial charge in [0, 0.05) is 6.04 Å². The molecule has 5 heteroatoms. The maximum absolute atomic E-state index is 13.2. The molecule has 106 valence electrons. The summed E-state index contributed by atoms with van der Waals surface area (Å²) in [7, 11) is 1.58. The smallest absolute Gasteiger partial charge is 0.137 e. The predicted molar refractivity (Wildman–Crippen MR) is 79.8 cm³/mol. The summed E-state index contributed by atoms with van der Waals surface area (Å²) in [5.41, 5.74) is 6.74. The van der Waals surface area contributed by atoms with Gasteiger partial charge >= 0.3 is 0 Å². The highest BCUT2D eigenvalue weighted by atomic mass is 79.9. The molecule has 0 aromatic heterocycles. The molecule has 3 nitrogen and oxygen atoms in total. The Kier molecular flexibility index (Phi) is 4.62. The van der Waals surface area contributed by atoms with Crippen LogP contribution in [0.25, 0.3) is 0 Å². The van der Waals surface area contributed by atoms with Crippen LogP contribution in [-0.4, -0.2) is 7.11 Å². The van der Waals surface area contributed by atoms with E-state index in [2.05, 4.69) is 15.9 Å². The Balaban J connectivity index is 2.40. The standard InChI is InChI=1S/C15H15BrFNO2/c1-9(18)15-13(19-2)4-3-5-14(15)20-10-6-7-12(17)11(16)8-10/h3-9H,18H2,1-2H3/t9-/m0/s1. The molecule has 0 heterocycles. The summed E-state index contributed by atoms with van der Waals surface area (Å²) in [5.74, 6) is 1.44. The molecule has 2 N–H and O–H groups in total. The van der Waals surface area contributed by atoms with Gasteiger partial charge in [0.25, 0.3) is 0 Å². The zero-order chi connectivity index (χ0) is 14.7. The van der Waals surface area contributed by atoms with E-state index in [-0.39, 0.29) is 11.9 Å². The lowest BCUT2D eigenvalue weighted by molar-refractivity contribution is 0.397. The minimum absolute atomic E-state index is 0.245. The Bertz CT molecular complexity index is 617. The van der Waals surface area contributed by atoms with Crippen LogP contribution in [0.3, 0.4) is 0 Å². The third-order valence-electron chi connectivity index (χ3n) is 2.82. The average Bonchev–Trinajstić information content (AvgIpc) is 2.42. The van der Waals surface area contributed by atoms with Crippen molar-refractivity contribution < 1.29 is 13.9 Å². The fourth-order valence-corrected chi connectivity index (χ4v) is 2.26. The van der Waals surface area contributed by atoms with E-state index in [0.29, 0.717) is 21.7 Å². The molecule has 0 saturated heterocycles. The first-order chi connectivity index (χ1) is 9.52. The maximum Gasteiger partial charge on any atom is 0.137 e. The van der Waals surface area contributed by atoms with Crippen molar-refractivity contribution in [2.45, 2.75) is 13.0 Å². The molecule has 0 bridgehead atoms. The molecule has 0 unspecified atom stereocenters. The van der Waals surface area contributed by atoms with Crippen molar-refractivity contribution in [3.63, 3.8) is 0 Å². The third-order valence-corrected chi connectivity index (χ3v) is 3.43. The lowest BCUT2D eigenvalue weighted by atomic mass is 10.1. The Labute approximate surface area is 125 Å². The zero-order valence-corrected chi connectivity index (χ0v) is 12.8. The largest absolute Gasteiger partial charge is 0.496 e. The number of halogens is 2. The van der Waals surface area contributed by atoms with Gasteiger partial charge in [-0.2, -0.15) is 0 Å². The average molecular weight is 340 g/mol. The lowest BCUT2D eigenvalue weighted by Gasteiger charge is -2.17. The SMILES string of the molecule is COc1cccc(Oc2ccc(F)c(Br)c2)c1[C@H](C)N. The summed E-state index contributed by atoms with van der Waals surface area (Å²) >= 11 is 3.13. The minimum atomic E-state index is -0.338. The van der Waals surface area contributed by atoms with Crippen LogP contribution in [0, 0.1) is 5.82 Å². The first-order valence-electron chi connectivity index (χ1n) is 6.08. The van der Waals surface area contributed by atoms with Crippen LogP contribution < -0.4 is 15.2 Å². The molecule has 0 aliphatic heterocycles. The number of benzene rings is 2. The van der Waals surface area contributed by atoms with Crippen molar-refractivity contribution in [2.75, 3.05) is 7.11 Å². The Hall–Kier alpha value is -1.59. The van der Waals surface area contributed by atoms with E-state index in [0.717, 1.165) is 5.56 Å². The van der Waals surface area contributed by atoms with Gasteiger partial charge in [0.15, 0.2) is 0 Å². The van der Waals surface area contributed by atoms with E-state index in [1.54, 1.807) is 25.3 Å². The van der Waals surface area contributed by atoms with E-state index in [9.17, 15) is 4.39 Å². The number of hydrogen-bond acceptors (Lipinski definition) is 3. The first-order valence-corrected chi connectivity index (χ1v) is 6.87. The Morgan fingerprint density at radius 3 is 2.50 bits per heavy atom. The summed E-state index contributed by atoms with van der Waals surface area (Å²) in [6.07, 6.45) is 0. The number of rotatable bonds is 4. The topological polar surface area (TPSA) is 44.5 Å². The molecule has 2 aromatic carbocycles. The van der Waals surface area contributed by atoms with E-state index in [1.165, 1.54) is 6.07 Å². The van der Waals surface area contributed by atoms with E-state index < -0.39 is 0 Å². The second-order valence-electron chi connectivity index (χ2n) is 4.34. The summed E-state index contributed by atoms with van der Waals surface area (Å²) < 4.78 is 24.7. The second kappa shape index (κ2) is 6.24. The van der Waals surface area contributed by atoms with Gasteiger partial charge in [0.1, 0.15) is 23.1 Å². The molecule has 0 spiro atoms. The van der Waals surface area contributed by atoms with Gasteiger partial charge in [-0.3, -0.25) is 0 Å². The molecular formula is C15H15BrFNO2. The van der Waals surface area contributed by atoms with Crippen molar-refractivity contribution in [1.29, 1.82) is 0 Å². The first kappa shape index (κ1) is 14.8. The summed E-state index contributed by atoms with van der Waals surface area (Å²) in [6.45, 7) is 1.85. The van der Waals surface area contributed by atoms with Gasteiger partial charge in [-0.05, 0) is 53.2 Å². The molecule has 0 aliphatic carbocycles. The third kappa shape index (κ3) is 3.11. The quantitative estimate of drug-likeness (QED) is 0.897. The second-order valence-corrected chi connectivity index (χ2v) is 5.19. The highest BCUT2D eigenvalue weighted by Crippen LogP contribution is 2.36.